The highest BCUT2D eigenvalue weighted by Crippen LogP contribution is 2.30. The molecule has 0 aliphatic rings. The summed E-state index contributed by atoms with van der Waals surface area (Å²) in [5.41, 5.74) is 9.44. The van der Waals surface area contributed by atoms with Crippen LogP contribution in [-0.4, -0.2) is 26.0 Å². The minimum absolute atomic E-state index is 0.224. The lowest BCUT2D eigenvalue weighted by atomic mass is 10.1. The van der Waals surface area contributed by atoms with Crippen LogP contribution in [-0.2, 0) is 0 Å². The third-order valence-electron chi connectivity index (χ3n) is 4.69. The van der Waals surface area contributed by atoms with Gasteiger partial charge in [-0.05, 0) is 37.3 Å². The Kier molecular flexibility index (Phi) is 5.60. The molecule has 0 saturated heterocycles. The molecule has 4 aromatic rings. The van der Waals surface area contributed by atoms with E-state index in [1.165, 1.54) is 16.4 Å². The molecule has 0 unspecified atom stereocenters. The van der Waals surface area contributed by atoms with Crippen LogP contribution in [0, 0.1) is 25.2 Å². The van der Waals surface area contributed by atoms with Crippen LogP contribution in [0.2, 0.25) is 0 Å². The van der Waals surface area contributed by atoms with Gasteiger partial charge in [0.25, 0.3) is 0 Å². The van der Waals surface area contributed by atoms with Crippen LogP contribution in [0.4, 0.5) is 5.82 Å². The van der Waals surface area contributed by atoms with Crippen LogP contribution >= 0.6 is 11.8 Å². The van der Waals surface area contributed by atoms with E-state index in [1.54, 1.807) is 6.07 Å². The highest BCUT2D eigenvalue weighted by molar-refractivity contribution is 7.98. The molecule has 2 N–H and O–H groups in total. The number of rotatable bonds is 5. The van der Waals surface area contributed by atoms with Crippen LogP contribution in [0.3, 0.4) is 0 Å². The summed E-state index contributed by atoms with van der Waals surface area (Å²) in [5.74, 6) is 2.18. The molecule has 0 radical (unpaired) electrons. The Labute approximate surface area is 184 Å². The van der Waals surface area contributed by atoms with E-state index >= 15 is 0 Å². The van der Waals surface area contributed by atoms with E-state index in [0.29, 0.717) is 33.9 Å². The maximum absolute atomic E-state index is 9.48. The van der Waals surface area contributed by atoms with Crippen LogP contribution in [0.1, 0.15) is 16.7 Å². The van der Waals surface area contributed by atoms with E-state index in [4.69, 9.17) is 10.5 Å². The van der Waals surface area contributed by atoms with Crippen molar-refractivity contribution in [2.24, 2.45) is 0 Å². The number of hydrogen-bond acceptors (Lipinski definition) is 7. The molecule has 2 aromatic carbocycles. The lowest BCUT2D eigenvalue weighted by Crippen LogP contribution is -2.07. The third-order valence-corrected chi connectivity index (χ3v) is 5.36. The van der Waals surface area contributed by atoms with Gasteiger partial charge in [-0.25, -0.2) is 4.98 Å². The summed E-state index contributed by atoms with van der Waals surface area (Å²) in [4.78, 5) is 9.26. The number of nitrogens with two attached hydrogens (primary N) is 1. The second kappa shape index (κ2) is 8.50. The zero-order valence-corrected chi connectivity index (χ0v) is 18.1. The summed E-state index contributed by atoms with van der Waals surface area (Å²) in [6.07, 6.45) is 1.84. The van der Waals surface area contributed by atoms with Crippen molar-refractivity contribution in [3.63, 3.8) is 0 Å². The van der Waals surface area contributed by atoms with E-state index < -0.39 is 0 Å². The van der Waals surface area contributed by atoms with Gasteiger partial charge in [0.15, 0.2) is 11.6 Å². The summed E-state index contributed by atoms with van der Waals surface area (Å²) in [5, 5.41) is 14.5. The molecule has 0 fully saturated rings. The number of nitriles is 1. The summed E-state index contributed by atoms with van der Waals surface area (Å²) in [6.45, 7) is 3.98. The number of ether oxygens (including phenoxy) is 1. The lowest BCUT2D eigenvalue weighted by molar-refractivity contribution is 0.457. The second-order valence-corrected chi connectivity index (χ2v) is 7.71. The first-order valence-corrected chi connectivity index (χ1v) is 10.7. The Balaban J connectivity index is 1.88. The van der Waals surface area contributed by atoms with Crippen LogP contribution in [0.5, 0.6) is 11.6 Å². The molecule has 154 valence electrons. The number of hydrogen-bond donors (Lipinski definition) is 1. The first kappa shape index (κ1) is 20.4. The topological polar surface area (TPSA) is 103 Å². The molecule has 0 aliphatic carbocycles. The Morgan fingerprint density at radius 3 is 2.52 bits per heavy atom. The number of nitrogens with zero attached hydrogens (tertiary/aromatic N) is 5. The van der Waals surface area contributed by atoms with Gasteiger partial charge in [-0.1, -0.05) is 42.5 Å². The molecule has 0 amide bonds. The highest BCUT2D eigenvalue weighted by atomic mass is 32.2. The first-order valence-electron chi connectivity index (χ1n) is 9.52. The van der Waals surface area contributed by atoms with Crippen molar-refractivity contribution in [2.75, 3.05) is 12.0 Å². The molecule has 7 nitrogen and oxygen atoms in total. The summed E-state index contributed by atoms with van der Waals surface area (Å²) < 4.78 is 7.59. The number of nitrogen functional groups attached to an aromatic ring is 1. The number of anilines is 1. The van der Waals surface area contributed by atoms with E-state index in [-0.39, 0.29) is 5.82 Å². The van der Waals surface area contributed by atoms with Gasteiger partial charge >= 0.3 is 0 Å². The van der Waals surface area contributed by atoms with Gasteiger partial charge in [-0.15, -0.1) is 11.8 Å². The molecule has 0 bridgehead atoms. The second-order valence-electron chi connectivity index (χ2n) is 6.92. The van der Waals surface area contributed by atoms with Crippen LogP contribution in [0.25, 0.3) is 17.2 Å². The van der Waals surface area contributed by atoms with Gasteiger partial charge < -0.3 is 10.5 Å². The van der Waals surface area contributed by atoms with E-state index in [0.717, 1.165) is 16.7 Å². The average molecular weight is 429 g/mol. The number of thioether (sulfide) groups is 1. The quantitative estimate of drug-likeness (QED) is 0.450. The Bertz CT molecular complexity index is 1290. The van der Waals surface area contributed by atoms with E-state index in [2.05, 4.69) is 21.1 Å². The van der Waals surface area contributed by atoms with Gasteiger partial charge in [-0.3, -0.25) is 0 Å². The lowest BCUT2D eigenvalue weighted by Gasteiger charge is -2.12. The first-order chi connectivity index (χ1) is 15.0. The molecule has 0 saturated carbocycles. The van der Waals surface area contributed by atoms with Gasteiger partial charge in [-0.2, -0.15) is 20.0 Å². The van der Waals surface area contributed by atoms with Crippen LogP contribution in [0.15, 0.2) is 59.6 Å². The van der Waals surface area contributed by atoms with Crippen molar-refractivity contribution in [3.05, 3.63) is 71.3 Å². The van der Waals surface area contributed by atoms with Crippen molar-refractivity contribution >= 4 is 17.6 Å². The minimum atomic E-state index is 0.224. The fraction of sp³-hybridized carbons (Fsp3) is 0.130. The summed E-state index contributed by atoms with van der Waals surface area (Å²) in [7, 11) is 0. The molecular weight excluding hydrogens is 408 g/mol. The number of aryl methyl sites for hydroxylation is 2. The van der Waals surface area contributed by atoms with Gasteiger partial charge in [0, 0.05) is 11.6 Å². The van der Waals surface area contributed by atoms with E-state index in [9.17, 15) is 5.26 Å². The van der Waals surface area contributed by atoms with Gasteiger partial charge in [0.2, 0.25) is 5.88 Å². The maximum Gasteiger partial charge on any atom is 0.225 e. The Hall–Kier alpha value is -3.83. The standard InChI is InChI=1S/C23H20N6OS/c1-14-9-10-15(2)18(11-14)30-20-12-19(26-22(27-20)16-7-5-4-6-8-16)29-21(25)17(13-24)23(28-29)31-3/h4-12H,25H2,1-3H3. The fourth-order valence-electron chi connectivity index (χ4n) is 3.05. The Morgan fingerprint density at radius 1 is 1.06 bits per heavy atom. The molecule has 8 heteroatoms. The van der Waals surface area contributed by atoms with Crippen molar-refractivity contribution in [2.45, 2.75) is 18.9 Å². The molecule has 31 heavy (non-hydrogen) atoms. The smallest absolute Gasteiger partial charge is 0.225 e. The zero-order valence-electron chi connectivity index (χ0n) is 17.3. The minimum Gasteiger partial charge on any atom is -0.439 e. The number of aromatic nitrogens is 4. The van der Waals surface area contributed by atoms with Gasteiger partial charge in [0.1, 0.15) is 28.2 Å². The molecule has 2 heterocycles. The van der Waals surface area contributed by atoms with Crippen LogP contribution < -0.4 is 10.5 Å². The largest absolute Gasteiger partial charge is 0.439 e. The molecule has 2 aromatic heterocycles. The Morgan fingerprint density at radius 2 is 1.84 bits per heavy atom. The molecule has 4 rings (SSSR count). The molecule has 0 spiro atoms. The van der Waals surface area contributed by atoms with Crippen molar-refractivity contribution in [1.82, 2.24) is 19.7 Å². The van der Waals surface area contributed by atoms with Gasteiger partial charge in [0.05, 0.1) is 0 Å². The zero-order chi connectivity index (χ0) is 22.0. The maximum atomic E-state index is 9.48. The van der Waals surface area contributed by atoms with Crippen molar-refractivity contribution < 1.29 is 4.74 Å². The average Bonchev–Trinajstić information content (AvgIpc) is 3.12. The predicted molar refractivity (Wildman–Crippen MR) is 121 cm³/mol. The third kappa shape index (κ3) is 4.09. The monoisotopic (exact) mass is 428 g/mol. The SMILES string of the molecule is CSc1nn(-c2cc(Oc3cc(C)ccc3C)nc(-c3ccccc3)n2)c(N)c1C#N. The molecular formula is C23H20N6OS. The summed E-state index contributed by atoms with van der Waals surface area (Å²) >= 11 is 1.35. The van der Waals surface area contributed by atoms with E-state index in [1.807, 2.05) is 68.6 Å². The normalized spacial score (nSPS) is 10.6. The fourth-order valence-corrected chi connectivity index (χ4v) is 3.57. The molecule has 0 atom stereocenters. The summed E-state index contributed by atoms with van der Waals surface area (Å²) in [6, 6.07) is 19.4. The van der Waals surface area contributed by atoms with Crippen molar-refractivity contribution in [1.29, 1.82) is 5.26 Å². The number of benzene rings is 2. The molecule has 0 aliphatic heterocycles. The predicted octanol–water partition coefficient (Wildman–Crippen LogP) is 4.91. The highest BCUT2D eigenvalue weighted by Gasteiger charge is 2.19. The van der Waals surface area contributed by atoms with Crippen molar-refractivity contribution in [3.8, 4) is 34.9 Å².